The van der Waals surface area contributed by atoms with Crippen LogP contribution >= 0.6 is 0 Å². The van der Waals surface area contributed by atoms with Crippen LogP contribution in [0.25, 0.3) is 5.69 Å². The van der Waals surface area contributed by atoms with Gasteiger partial charge in [-0.25, -0.2) is 18.1 Å². The SMILES string of the molecule is CC(=O)c1ccc(-n2cc(C#N)c(N=C3C=CC(S(C)(=O)=O)=CC3)n2)cc1. The van der Waals surface area contributed by atoms with E-state index >= 15 is 0 Å². The lowest BCUT2D eigenvalue weighted by Gasteiger charge is -2.06. The summed E-state index contributed by atoms with van der Waals surface area (Å²) in [5.41, 5.74) is 2.19. The molecule has 0 radical (unpaired) electrons. The predicted molar refractivity (Wildman–Crippen MR) is 102 cm³/mol. The number of hydrogen-bond acceptors (Lipinski definition) is 6. The van der Waals surface area contributed by atoms with Crippen LogP contribution in [0.5, 0.6) is 0 Å². The molecule has 27 heavy (non-hydrogen) atoms. The van der Waals surface area contributed by atoms with E-state index in [0.717, 1.165) is 6.26 Å². The molecule has 3 rings (SSSR count). The molecule has 0 N–H and O–H groups in total. The number of carbonyl (C=O) groups is 1. The third-order valence-electron chi connectivity index (χ3n) is 3.98. The summed E-state index contributed by atoms with van der Waals surface area (Å²) in [7, 11) is -3.25. The molecule has 1 heterocycles. The Balaban J connectivity index is 1.90. The van der Waals surface area contributed by atoms with E-state index in [9.17, 15) is 18.5 Å². The lowest BCUT2D eigenvalue weighted by atomic mass is 10.1. The van der Waals surface area contributed by atoms with Crippen LogP contribution in [-0.4, -0.2) is 35.9 Å². The van der Waals surface area contributed by atoms with Crippen LogP contribution in [0.15, 0.2) is 58.6 Å². The van der Waals surface area contributed by atoms with Gasteiger partial charge in [-0.1, -0.05) is 6.08 Å². The predicted octanol–water partition coefficient (Wildman–Crippen LogP) is 2.91. The van der Waals surface area contributed by atoms with Gasteiger partial charge in [0.15, 0.2) is 21.4 Å². The molecule has 1 aliphatic carbocycles. The molecule has 0 fully saturated rings. The Morgan fingerprint density at radius 2 is 1.96 bits per heavy atom. The molecular formula is C19H16N4O3S. The van der Waals surface area contributed by atoms with Crippen molar-refractivity contribution >= 4 is 27.2 Å². The first-order chi connectivity index (χ1) is 12.8. The van der Waals surface area contributed by atoms with Crippen LogP contribution in [-0.2, 0) is 9.84 Å². The van der Waals surface area contributed by atoms with Crippen molar-refractivity contribution in [2.75, 3.05) is 6.26 Å². The van der Waals surface area contributed by atoms with Gasteiger partial charge in [0.05, 0.1) is 16.8 Å². The lowest BCUT2D eigenvalue weighted by molar-refractivity contribution is 0.101. The topological polar surface area (TPSA) is 105 Å². The van der Waals surface area contributed by atoms with Crippen molar-refractivity contribution in [1.82, 2.24) is 9.78 Å². The Morgan fingerprint density at radius 1 is 1.26 bits per heavy atom. The van der Waals surface area contributed by atoms with E-state index in [4.69, 9.17) is 0 Å². The summed E-state index contributed by atoms with van der Waals surface area (Å²) in [6, 6.07) is 8.92. The van der Waals surface area contributed by atoms with Gasteiger partial charge >= 0.3 is 0 Å². The lowest BCUT2D eigenvalue weighted by Crippen LogP contribution is -2.05. The maximum absolute atomic E-state index is 11.5. The van der Waals surface area contributed by atoms with Gasteiger partial charge in [0.2, 0.25) is 0 Å². The van der Waals surface area contributed by atoms with E-state index in [2.05, 4.69) is 16.2 Å². The molecule has 0 amide bonds. The standard InChI is InChI=1S/C19H16N4O3S/c1-13(24)14-3-7-17(8-4-14)23-12-15(11-20)19(22-23)21-16-5-9-18(10-6-16)27(2,25)26/h3-5,7-10,12H,6H2,1-2H3. The molecule has 0 aliphatic heterocycles. The van der Waals surface area contributed by atoms with Crippen molar-refractivity contribution < 1.29 is 13.2 Å². The van der Waals surface area contributed by atoms with E-state index < -0.39 is 9.84 Å². The third kappa shape index (κ3) is 4.10. The first-order valence-electron chi connectivity index (χ1n) is 8.05. The number of sulfone groups is 1. The number of allylic oxidation sites excluding steroid dienone is 3. The average Bonchev–Trinajstić information content (AvgIpc) is 3.04. The van der Waals surface area contributed by atoms with Crippen molar-refractivity contribution in [2.45, 2.75) is 13.3 Å². The number of Topliss-reactive ketones (excluding diaryl/α,β-unsaturated/α-hetero) is 1. The van der Waals surface area contributed by atoms with E-state index in [-0.39, 0.29) is 16.5 Å². The number of ketones is 1. The number of aliphatic imine (C=N–C) groups is 1. The highest BCUT2D eigenvalue weighted by molar-refractivity contribution is 7.94. The van der Waals surface area contributed by atoms with Crippen molar-refractivity contribution in [3.63, 3.8) is 0 Å². The quantitative estimate of drug-likeness (QED) is 0.758. The number of aromatic nitrogens is 2. The normalized spacial score (nSPS) is 15.4. The summed E-state index contributed by atoms with van der Waals surface area (Å²) < 4.78 is 24.6. The van der Waals surface area contributed by atoms with Crippen LogP contribution < -0.4 is 0 Å². The fourth-order valence-corrected chi connectivity index (χ4v) is 3.22. The monoisotopic (exact) mass is 380 g/mol. The molecule has 1 aliphatic rings. The Labute approximate surface area is 156 Å². The number of rotatable bonds is 4. The zero-order valence-electron chi connectivity index (χ0n) is 14.7. The second-order valence-corrected chi connectivity index (χ2v) is 8.06. The van der Waals surface area contributed by atoms with E-state index in [1.807, 2.05) is 0 Å². The van der Waals surface area contributed by atoms with Crippen molar-refractivity contribution in [3.8, 4) is 11.8 Å². The van der Waals surface area contributed by atoms with Crippen LogP contribution in [0.2, 0.25) is 0 Å². The van der Waals surface area contributed by atoms with Crippen LogP contribution in [0, 0.1) is 11.3 Å². The highest BCUT2D eigenvalue weighted by Gasteiger charge is 2.14. The smallest absolute Gasteiger partial charge is 0.192 e. The highest BCUT2D eigenvalue weighted by atomic mass is 32.2. The number of hydrogen-bond donors (Lipinski definition) is 0. The van der Waals surface area contributed by atoms with E-state index in [1.54, 1.807) is 42.6 Å². The summed E-state index contributed by atoms with van der Waals surface area (Å²) in [5.74, 6) is 0.224. The zero-order valence-corrected chi connectivity index (χ0v) is 15.6. The minimum Gasteiger partial charge on any atom is -0.295 e. The van der Waals surface area contributed by atoms with Gasteiger partial charge in [0.25, 0.3) is 0 Å². The van der Waals surface area contributed by atoms with E-state index in [0.29, 0.717) is 28.9 Å². The summed E-state index contributed by atoms with van der Waals surface area (Å²) in [4.78, 5) is 16.0. The first kappa shape index (κ1) is 18.5. The van der Waals surface area contributed by atoms with Gasteiger partial charge in [-0.2, -0.15) is 5.26 Å². The highest BCUT2D eigenvalue weighted by Crippen LogP contribution is 2.22. The molecule has 8 heteroatoms. The first-order valence-corrected chi connectivity index (χ1v) is 9.94. The molecule has 0 bridgehead atoms. The maximum atomic E-state index is 11.5. The van der Waals surface area contributed by atoms with Gasteiger partial charge in [-0.15, -0.1) is 5.10 Å². The van der Waals surface area contributed by atoms with Crippen LogP contribution in [0.3, 0.4) is 0 Å². The third-order valence-corrected chi connectivity index (χ3v) is 5.14. The molecule has 1 aromatic heterocycles. The van der Waals surface area contributed by atoms with Gasteiger partial charge in [-0.05, 0) is 43.3 Å². The number of carbonyl (C=O) groups excluding carboxylic acids is 1. The van der Waals surface area contributed by atoms with Crippen molar-refractivity contribution in [1.29, 1.82) is 5.26 Å². The second-order valence-electron chi connectivity index (χ2n) is 6.05. The summed E-state index contributed by atoms with van der Waals surface area (Å²) >= 11 is 0. The molecule has 0 spiro atoms. The largest absolute Gasteiger partial charge is 0.295 e. The zero-order chi connectivity index (χ0) is 19.6. The van der Waals surface area contributed by atoms with Crippen molar-refractivity contribution in [2.24, 2.45) is 4.99 Å². The summed E-state index contributed by atoms with van der Waals surface area (Å²) in [6.45, 7) is 1.49. The Kier molecular flexibility index (Phi) is 4.88. The fourth-order valence-electron chi connectivity index (χ4n) is 2.52. The minimum absolute atomic E-state index is 0.0302. The van der Waals surface area contributed by atoms with Crippen LogP contribution in [0.4, 0.5) is 5.82 Å². The Bertz CT molecular complexity index is 1140. The Morgan fingerprint density at radius 3 is 2.48 bits per heavy atom. The van der Waals surface area contributed by atoms with Gasteiger partial charge in [0.1, 0.15) is 11.6 Å². The molecule has 0 saturated carbocycles. The molecule has 0 atom stereocenters. The number of nitriles is 1. The number of nitrogens with zero attached hydrogens (tertiary/aromatic N) is 4. The molecule has 136 valence electrons. The van der Waals surface area contributed by atoms with Crippen LogP contribution in [0.1, 0.15) is 29.3 Å². The van der Waals surface area contributed by atoms with Gasteiger partial charge < -0.3 is 0 Å². The molecule has 7 nitrogen and oxygen atoms in total. The molecular weight excluding hydrogens is 364 g/mol. The minimum atomic E-state index is -3.25. The van der Waals surface area contributed by atoms with E-state index in [1.165, 1.54) is 17.7 Å². The maximum Gasteiger partial charge on any atom is 0.192 e. The van der Waals surface area contributed by atoms with Crippen molar-refractivity contribution in [3.05, 3.63) is 64.7 Å². The molecule has 2 aromatic rings. The molecule has 0 saturated heterocycles. The second kappa shape index (κ2) is 7.13. The molecule has 1 aromatic carbocycles. The average molecular weight is 380 g/mol. The van der Waals surface area contributed by atoms with Gasteiger partial charge in [-0.3, -0.25) is 4.79 Å². The fraction of sp³-hybridized carbons (Fsp3) is 0.158. The number of benzene rings is 1. The summed E-state index contributed by atoms with van der Waals surface area (Å²) in [6.07, 6.45) is 7.73. The Hall–Kier alpha value is -3.31. The molecule has 0 unspecified atom stereocenters. The summed E-state index contributed by atoms with van der Waals surface area (Å²) in [5, 5.41) is 13.7. The van der Waals surface area contributed by atoms with Gasteiger partial charge in [0, 0.05) is 24.0 Å².